The minimum atomic E-state index is -1.24. The van der Waals surface area contributed by atoms with Crippen molar-refractivity contribution in [2.45, 2.75) is 56.3 Å². The van der Waals surface area contributed by atoms with Gasteiger partial charge >= 0.3 is 6.09 Å². The quantitative estimate of drug-likeness (QED) is 0.580. The zero-order chi connectivity index (χ0) is 24.1. The van der Waals surface area contributed by atoms with E-state index in [4.69, 9.17) is 4.74 Å². The van der Waals surface area contributed by atoms with Crippen LogP contribution in [0.2, 0.25) is 0 Å². The van der Waals surface area contributed by atoms with E-state index in [1.54, 1.807) is 4.90 Å². The lowest BCUT2D eigenvalue weighted by atomic mass is 9.93. The molecule has 3 fully saturated rings. The predicted octanol–water partition coefficient (Wildman–Crippen LogP) is 4.99. The van der Waals surface area contributed by atoms with E-state index in [0.29, 0.717) is 57.0 Å². The number of piperidine rings is 2. The number of ether oxygens (including phenoxy) is 1. The second-order valence-electron chi connectivity index (χ2n) is 10.7. The van der Waals surface area contributed by atoms with E-state index in [-0.39, 0.29) is 6.09 Å². The third kappa shape index (κ3) is 6.62. The number of alkyl halides is 1. The van der Waals surface area contributed by atoms with Crippen LogP contribution in [0.15, 0.2) is 60.7 Å². The highest BCUT2D eigenvalue weighted by Crippen LogP contribution is 2.41. The number of nitrogens with zero attached hydrogens (tertiary/aromatic N) is 2. The maximum atomic E-state index is 15.4. The smallest absolute Gasteiger partial charge is 0.409 e. The topological polar surface area (TPSA) is 44.8 Å². The lowest BCUT2D eigenvalue weighted by Crippen LogP contribution is -2.49. The monoisotopic (exact) mass is 479 g/mol. The van der Waals surface area contributed by atoms with Gasteiger partial charge in [0.05, 0.1) is 6.61 Å². The van der Waals surface area contributed by atoms with Gasteiger partial charge < -0.3 is 15.0 Å². The maximum absolute atomic E-state index is 15.4. The third-order valence-electron chi connectivity index (χ3n) is 8.02. The van der Waals surface area contributed by atoms with Gasteiger partial charge in [-0.3, -0.25) is 4.90 Å². The van der Waals surface area contributed by atoms with E-state index < -0.39 is 5.67 Å². The summed E-state index contributed by atoms with van der Waals surface area (Å²) in [5.41, 5.74) is 1.43. The molecule has 1 saturated carbocycles. The standard InChI is InChI=1S/C29H38FN3O2/c30-29(22-31-27-19-26(27)25-9-5-2-6-10-25)13-17-33(18-14-29)28(34)35-21-24-11-15-32(16-12-24)20-23-7-3-1-4-8-23/h1-10,24,26-27,31H,11-22H2. The Hall–Kier alpha value is -2.44. The lowest BCUT2D eigenvalue weighted by molar-refractivity contribution is 0.0324. The molecule has 2 saturated heterocycles. The van der Waals surface area contributed by atoms with Crippen LogP contribution < -0.4 is 5.32 Å². The third-order valence-corrected chi connectivity index (χ3v) is 8.02. The Balaban J connectivity index is 0.969. The van der Waals surface area contributed by atoms with Gasteiger partial charge in [-0.05, 0) is 49.4 Å². The van der Waals surface area contributed by atoms with Crippen molar-refractivity contribution in [2.75, 3.05) is 39.3 Å². The summed E-state index contributed by atoms with van der Waals surface area (Å²) in [5, 5.41) is 3.43. The summed E-state index contributed by atoms with van der Waals surface area (Å²) in [6.45, 7) is 4.74. The van der Waals surface area contributed by atoms with Gasteiger partial charge in [0.25, 0.3) is 0 Å². The number of rotatable bonds is 8. The first-order valence-electron chi connectivity index (χ1n) is 13.2. The second-order valence-corrected chi connectivity index (χ2v) is 10.7. The van der Waals surface area contributed by atoms with E-state index in [9.17, 15) is 4.79 Å². The zero-order valence-corrected chi connectivity index (χ0v) is 20.6. The summed E-state index contributed by atoms with van der Waals surface area (Å²) in [4.78, 5) is 16.7. The largest absolute Gasteiger partial charge is 0.449 e. The van der Waals surface area contributed by atoms with Crippen molar-refractivity contribution in [3.8, 4) is 0 Å². The first-order valence-corrected chi connectivity index (χ1v) is 13.2. The molecule has 0 spiro atoms. The molecule has 2 aromatic carbocycles. The van der Waals surface area contributed by atoms with Crippen molar-refractivity contribution in [3.63, 3.8) is 0 Å². The highest BCUT2D eigenvalue weighted by Gasteiger charge is 2.42. The number of benzene rings is 2. The van der Waals surface area contributed by atoms with Gasteiger partial charge in [-0.1, -0.05) is 60.7 Å². The van der Waals surface area contributed by atoms with Gasteiger partial charge in [-0.15, -0.1) is 0 Å². The molecule has 2 heterocycles. The molecule has 6 heteroatoms. The summed E-state index contributed by atoms with van der Waals surface area (Å²) in [6.07, 6.45) is 3.63. The highest BCUT2D eigenvalue weighted by atomic mass is 19.1. The van der Waals surface area contributed by atoms with Gasteiger partial charge in [0.2, 0.25) is 0 Å². The first kappa shape index (κ1) is 24.3. The van der Waals surface area contributed by atoms with E-state index in [1.807, 2.05) is 12.1 Å². The Morgan fingerprint density at radius 1 is 0.971 bits per heavy atom. The van der Waals surface area contributed by atoms with Crippen LogP contribution >= 0.6 is 0 Å². The van der Waals surface area contributed by atoms with Crippen LogP contribution in [0, 0.1) is 5.92 Å². The number of likely N-dealkylation sites (tertiary alicyclic amines) is 2. The molecule has 35 heavy (non-hydrogen) atoms. The summed E-state index contributed by atoms with van der Waals surface area (Å²) < 4.78 is 21.0. The summed E-state index contributed by atoms with van der Waals surface area (Å²) in [7, 11) is 0. The molecule has 1 amide bonds. The minimum absolute atomic E-state index is 0.280. The molecular weight excluding hydrogens is 441 g/mol. The fourth-order valence-electron chi connectivity index (χ4n) is 5.50. The van der Waals surface area contributed by atoms with Gasteiger partial charge in [-0.25, -0.2) is 9.18 Å². The second kappa shape index (κ2) is 11.1. The van der Waals surface area contributed by atoms with Crippen LogP contribution in [-0.2, 0) is 11.3 Å². The molecule has 2 aliphatic heterocycles. The van der Waals surface area contributed by atoms with Gasteiger partial charge in [-0.2, -0.15) is 0 Å². The molecule has 2 atom stereocenters. The molecule has 3 aliphatic rings. The average molecular weight is 480 g/mol. The molecule has 5 rings (SSSR count). The van der Waals surface area contributed by atoms with E-state index in [2.05, 4.69) is 58.7 Å². The van der Waals surface area contributed by atoms with E-state index in [0.717, 1.165) is 38.9 Å². The Morgan fingerprint density at radius 3 is 2.31 bits per heavy atom. The number of hydrogen-bond donors (Lipinski definition) is 1. The van der Waals surface area contributed by atoms with Gasteiger partial charge in [0.1, 0.15) is 5.67 Å². The van der Waals surface area contributed by atoms with Gasteiger partial charge in [0.15, 0.2) is 0 Å². The van der Waals surface area contributed by atoms with Crippen LogP contribution in [0.3, 0.4) is 0 Å². The van der Waals surface area contributed by atoms with Crippen molar-refractivity contribution in [2.24, 2.45) is 5.92 Å². The van der Waals surface area contributed by atoms with Crippen molar-refractivity contribution >= 4 is 6.09 Å². The molecule has 1 N–H and O–H groups in total. The molecule has 0 radical (unpaired) electrons. The highest BCUT2D eigenvalue weighted by molar-refractivity contribution is 5.67. The molecule has 1 aliphatic carbocycles. The molecule has 188 valence electrons. The van der Waals surface area contributed by atoms with Gasteiger partial charge in [0, 0.05) is 51.0 Å². The number of carbonyl (C=O) groups excluding carboxylic acids is 1. The van der Waals surface area contributed by atoms with E-state index >= 15 is 4.39 Å². The van der Waals surface area contributed by atoms with E-state index in [1.165, 1.54) is 11.1 Å². The van der Waals surface area contributed by atoms with Crippen LogP contribution in [-0.4, -0.2) is 66.9 Å². The molecular formula is C29H38FN3O2. The van der Waals surface area contributed by atoms with Crippen LogP contribution in [0.25, 0.3) is 0 Å². The normalized spacial score (nSPS) is 24.8. The number of amides is 1. The summed E-state index contributed by atoms with van der Waals surface area (Å²) in [6, 6.07) is 21.4. The minimum Gasteiger partial charge on any atom is -0.449 e. The van der Waals surface area contributed by atoms with Crippen molar-refractivity contribution in [3.05, 3.63) is 71.8 Å². The lowest BCUT2D eigenvalue weighted by Gasteiger charge is -2.36. The SMILES string of the molecule is O=C(OCC1CCN(Cc2ccccc2)CC1)N1CCC(F)(CNC2CC2c2ccccc2)CC1. The fourth-order valence-corrected chi connectivity index (χ4v) is 5.50. The predicted molar refractivity (Wildman–Crippen MR) is 136 cm³/mol. The van der Waals surface area contributed by atoms with Crippen LogP contribution in [0.1, 0.15) is 49.1 Å². The molecule has 2 aromatic rings. The zero-order valence-electron chi connectivity index (χ0n) is 20.6. The number of halogens is 1. The maximum Gasteiger partial charge on any atom is 0.409 e. The number of carbonyl (C=O) groups is 1. The first-order chi connectivity index (χ1) is 17.1. The van der Waals surface area contributed by atoms with Crippen LogP contribution in [0.5, 0.6) is 0 Å². The number of hydrogen-bond acceptors (Lipinski definition) is 4. The molecule has 5 nitrogen and oxygen atoms in total. The molecule has 0 aromatic heterocycles. The van der Waals surface area contributed by atoms with Crippen molar-refractivity contribution in [1.82, 2.24) is 15.1 Å². The Bertz CT molecular complexity index is 941. The van der Waals surface area contributed by atoms with Crippen molar-refractivity contribution in [1.29, 1.82) is 0 Å². The molecule has 2 unspecified atom stereocenters. The number of nitrogens with one attached hydrogen (secondary N) is 1. The average Bonchev–Trinajstić information content (AvgIpc) is 3.69. The Kier molecular flexibility index (Phi) is 7.69. The van der Waals surface area contributed by atoms with Crippen molar-refractivity contribution < 1.29 is 13.9 Å². The summed E-state index contributed by atoms with van der Waals surface area (Å²) >= 11 is 0. The Morgan fingerprint density at radius 2 is 1.63 bits per heavy atom. The molecule has 0 bridgehead atoms. The van der Waals surface area contributed by atoms with Crippen LogP contribution in [0.4, 0.5) is 9.18 Å². The summed E-state index contributed by atoms with van der Waals surface area (Å²) in [5.74, 6) is 0.913. The fraction of sp³-hybridized carbons (Fsp3) is 0.552. The Labute approximate surface area is 208 Å².